The Morgan fingerprint density at radius 3 is 1.05 bits per heavy atom. The molecule has 0 saturated heterocycles. The maximum atomic E-state index is 12.7. The van der Waals surface area contributed by atoms with Crippen LogP contribution in [0, 0.1) is 30.3 Å². The van der Waals surface area contributed by atoms with Crippen molar-refractivity contribution >= 4 is 33.1 Å². The average molecular weight is 542 g/mol. The third-order valence-electron chi connectivity index (χ3n) is 6.40. The standard InChI is InChI=1S/C24H18N10O6/c35-32(36)22(19-25-13-7-1-2-8-14(13)26-19)31(23(33(37)38)20-27-15-9-3-4-10-16(15)28-20)24(34(39)40)21-29-17-11-5-6-12-18(17)30-21/h1-12,22-24H,(H,25,26)(H,27,28)(H,29,30). The molecule has 40 heavy (non-hydrogen) atoms. The van der Waals surface area contributed by atoms with Crippen molar-refractivity contribution < 1.29 is 14.8 Å². The van der Waals surface area contributed by atoms with E-state index >= 15 is 0 Å². The van der Waals surface area contributed by atoms with Crippen molar-refractivity contribution in [3.8, 4) is 0 Å². The minimum Gasteiger partial charge on any atom is -0.335 e. The Kier molecular flexibility index (Phi) is 5.84. The first-order chi connectivity index (χ1) is 19.3. The van der Waals surface area contributed by atoms with E-state index in [0.717, 1.165) is 0 Å². The summed E-state index contributed by atoms with van der Waals surface area (Å²) in [5.41, 5.74) is 2.25. The zero-order valence-electron chi connectivity index (χ0n) is 20.2. The molecule has 0 aliphatic heterocycles. The number of nitro groups is 3. The average Bonchev–Trinajstić information content (AvgIpc) is 3.64. The van der Waals surface area contributed by atoms with Gasteiger partial charge in [0.05, 0.1) is 33.1 Å². The van der Waals surface area contributed by atoms with E-state index in [2.05, 4.69) is 29.9 Å². The molecule has 3 aromatic carbocycles. The molecule has 3 aromatic heterocycles. The van der Waals surface area contributed by atoms with Gasteiger partial charge in [-0.2, -0.15) is 0 Å². The number of hydrogen-bond acceptors (Lipinski definition) is 10. The number of imidazole rings is 3. The number of H-pyrrole nitrogens is 3. The molecule has 0 aliphatic rings. The molecule has 6 aromatic rings. The van der Waals surface area contributed by atoms with Crippen molar-refractivity contribution in [2.24, 2.45) is 0 Å². The molecule has 200 valence electrons. The quantitative estimate of drug-likeness (QED) is 0.136. The van der Waals surface area contributed by atoms with Gasteiger partial charge in [0.2, 0.25) is 0 Å². The Hall–Kier alpha value is -5.77. The minimum absolute atomic E-state index is 0.336. The highest BCUT2D eigenvalue weighted by atomic mass is 16.7. The molecule has 0 radical (unpaired) electrons. The smallest absolute Gasteiger partial charge is 0.335 e. The van der Waals surface area contributed by atoms with Crippen LogP contribution in [0.5, 0.6) is 0 Å². The van der Waals surface area contributed by atoms with Crippen molar-refractivity contribution in [2.45, 2.75) is 18.5 Å². The van der Waals surface area contributed by atoms with Crippen molar-refractivity contribution in [1.29, 1.82) is 0 Å². The number of rotatable bonds is 9. The molecule has 3 atom stereocenters. The molecule has 0 bridgehead atoms. The summed E-state index contributed by atoms with van der Waals surface area (Å²) < 4.78 is 0. The molecule has 0 fully saturated rings. The van der Waals surface area contributed by atoms with Gasteiger partial charge in [-0.25, -0.2) is 15.0 Å². The first-order valence-corrected chi connectivity index (χ1v) is 11.8. The zero-order valence-corrected chi connectivity index (χ0v) is 20.2. The summed E-state index contributed by atoms with van der Waals surface area (Å²) in [5, 5.41) is 38.0. The lowest BCUT2D eigenvalue weighted by molar-refractivity contribution is -0.670. The highest BCUT2D eigenvalue weighted by Crippen LogP contribution is 2.39. The fraction of sp³-hybridized carbons (Fsp3) is 0.125. The van der Waals surface area contributed by atoms with Crippen LogP contribution in [0.25, 0.3) is 33.1 Å². The van der Waals surface area contributed by atoms with Crippen molar-refractivity contribution in [3.05, 3.63) is 121 Å². The highest BCUT2D eigenvalue weighted by molar-refractivity contribution is 5.76. The molecule has 0 saturated carbocycles. The van der Waals surface area contributed by atoms with Crippen molar-refractivity contribution in [3.63, 3.8) is 0 Å². The topological polar surface area (TPSA) is 219 Å². The minimum atomic E-state index is -2.18. The molecule has 0 aliphatic carbocycles. The zero-order chi connectivity index (χ0) is 28.0. The van der Waals surface area contributed by atoms with Crippen LogP contribution < -0.4 is 0 Å². The second-order valence-electron chi connectivity index (χ2n) is 8.84. The van der Waals surface area contributed by atoms with Crippen LogP contribution in [0.2, 0.25) is 0 Å². The monoisotopic (exact) mass is 542 g/mol. The molecule has 0 amide bonds. The number of nitrogens with zero attached hydrogens (tertiary/aromatic N) is 7. The van der Waals surface area contributed by atoms with Gasteiger partial charge < -0.3 is 15.0 Å². The first kappa shape index (κ1) is 24.6. The maximum Gasteiger partial charge on any atom is 0.337 e. The Bertz CT molecular complexity index is 1590. The summed E-state index contributed by atoms with van der Waals surface area (Å²) >= 11 is 0. The Morgan fingerprint density at radius 1 is 0.525 bits per heavy atom. The summed E-state index contributed by atoms with van der Waals surface area (Å²) in [7, 11) is 0. The largest absolute Gasteiger partial charge is 0.337 e. The van der Waals surface area contributed by atoms with Crippen LogP contribution >= 0.6 is 0 Å². The van der Waals surface area contributed by atoms with E-state index in [-0.39, 0.29) is 17.5 Å². The second-order valence-corrected chi connectivity index (χ2v) is 8.84. The number of hydrogen-bond donors (Lipinski definition) is 3. The summed E-state index contributed by atoms with van der Waals surface area (Å²) in [6, 6.07) is 19.6. The van der Waals surface area contributed by atoms with Gasteiger partial charge in [-0.3, -0.25) is 30.3 Å². The molecular formula is C24H18N10O6. The van der Waals surface area contributed by atoms with Crippen LogP contribution in [0.1, 0.15) is 36.0 Å². The molecule has 16 nitrogen and oxygen atoms in total. The molecule has 0 spiro atoms. The summed E-state index contributed by atoms with van der Waals surface area (Å²) in [5.74, 6) is -1.01. The molecule has 3 heterocycles. The Labute approximate surface area is 222 Å². The Balaban J connectivity index is 1.61. The number of para-hydroxylation sites is 6. The predicted molar refractivity (Wildman–Crippen MR) is 139 cm³/mol. The van der Waals surface area contributed by atoms with Gasteiger partial charge in [0.15, 0.2) is 17.5 Å². The fourth-order valence-electron chi connectivity index (χ4n) is 4.74. The van der Waals surface area contributed by atoms with Gasteiger partial charge in [0, 0.05) is 14.8 Å². The number of benzene rings is 3. The molecule has 16 heteroatoms. The number of aromatic amines is 3. The summed E-state index contributed by atoms with van der Waals surface area (Å²) in [4.78, 5) is 57.2. The third-order valence-corrected chi connectivity index (χ3v) is 6.40. The number of aromatic nitrogens is 6. The molecule has 3 N–H and O–H groups in total. The van der Waals surface area contributed by atoms with Gasteiger partial charge in [0.1, 0.15) is 0 Å². The predicted octanol–water partition coefficient (Wildman–Crippen LogP) is 3.84. The molecule has 3 unspecified atom stereocenters. The van der Waals surface area contributed by atoms with Crippen LogP contribution in [0.3, 0.4) is 0 Å². The van der Waals surface area contributed by atoms with E-state index in [9.17, 15) is 30.3 Å². The maximum absolute atomic E-state index is 12.7. The number of fused-ring (bicyclic) bond motifs is 3. The van der Waals surface area contributed by atoms with Crippen molar-refractivity contribution in [2.75, 3.05) is 0 Å². The van der Waals surface area contributed by atoms with Crippen LogP contribution in [0.15, 0.2) is 72.8 Å². The van der Waals surface area contributed by atoms with Gasteiger partial charge in [0.25, 0.3) is 0 Å². The lowest BCUT2D eigenvalue weighted by Crippen LogP contribution is -2.46. The molecule has 6 rings (SSSR count). The number of nitrogens with one attached hydrogen (secondary N) is 3. The second kappa shape index (κ2) is 9.52. The normalized spacial score (nSPS) is 14.0. The Morgan fingerprint density at radius 2 is 0.800 bits per heavy atom. The third kappa shape index (κ3) is 4.13. The SMILES string of the molecule is O=[N+]([O-])C(c1nc2ccccc2[nH]1)N(C(c1nc2ccccc2[nH]1)[N+](=O)[O-])C(c1nc2ccccc2[nH]1)[N+](=O)[O-]. The van der Waals surface area contributed by atoms with Gasteiger partial charge in [-0.05, 0) is 36.4 Å². The van der Waals surface area contributed by atoms with E-state index in [0.29, 0.717) is 38.0 Å². The summed E-state index contributed by atoms with van der Waals surface area (Å²) in [6.07, 6.45) is -6.54. The van der Waals surface area contributed by atoms with Gasteiger partial charge in [-0.15, -0.1) is 0 Å². The lowest BCUT2D eigenvalue weighted by atomic mass is 10.2. The lowest BCUT2D eigenvalue weighted by Gasteiger charge is -2.26. The van der Waals surface area contributed by atoms with E-state index in [1.807, 2.05) is 0 Å². The van der Waals surface area contributed by atoms with E-state index in [1.54, 1.807) is 72.8 Å². The van der Waals surface area contributed by atoms with Crippen LogP contribution in [0.4, 0.5) is 0 Å². The van der Waals surface area contributed by atoms with Crippen LogP contribution in [-0.4, -0.2) is 49.6 Å². The van der Waals surface area contributed by atoms with Crippen LogP contribution in [-0.2, 0) is 0 Å². The van der Waals surface area contributed by atoms with Gasteiger partial charge >= 0.3 is 18.5 Å². The summed E-state index contributed by atoms with van der Waals surface area (Å²) in [6.45, 7) is 0. The highest BCUT2D eigenvalue weighted by Gasteiger charge is 2.56. The fourth-order valence-corrected chi connectivity index (χ4v) is 4.74. The molecular weight excluding hydrogens is 524 g/mol. The van der Waals surface area contributed by atoms with E-state index in [4.69, 9.17) is 0 Å². The first-order valence-electron chi connectivity index (χ1n) is 11.8. The van der Waals surface area contributed by atoms with E-state index < -0.39 is 33.3 Å². The van der Waals surface area contributed by atoms with E-state index in [1.165, 1.54) is 0 Å². The van der Waals surface area contributed by atoms with Crippen molar-refractivity contribution in [1.82, 2.24) is 34.8 Å². The van der Waals surface area contributed by atoms with Gasteiger partial charge in [-0.1, -0.05) is 41.3 Å².